The van der Waals surface area contributed by atoms with Gasteiger partial charge in [-0.1, -0.05) is 19.8 Å². The number of benzene rings is 1. The molecular weight excluding hydrogens is 264 g/mol. The van der Waals surface area contributed by atoms with Crippen molar-refractivity contribution in [3.8, 4) is 5.75 Å². The molecule has 1 fully saturated rings. The van der Waals surface area contributed by atoms with Crippen molar-refractivity contribution in [3.05, 3.63) is 23.8 Å². The summed E-state index contributed by atoms with van der Waals surface area (Å²) in [5, 5.41) is 0. The largest absolute Gasteiger partial charge is 0.496 e. The first-order valence-corrected chi connectivity index (χ1v) is 7.84. The van der Waals surface area contributed by atoms with Crippen LogP contribution in [0, 0.1) is 5.92 Å². The number of carbonyl (C=O) groups is 1. The summed E-state index contributed by atoms with van der Waals surface area (Å²) < 4.78 is 5.37. The van der Waals surface area contributed by atoms with Crippen LogP contribution in [0.15, 0.2) is 18.2 Å². The molecule has 1 saturated heterocycles. The number of nitrogen functional groups attached to an aromatic ring is 1. The average Bonchev–Trinajstić information content (AvgIpc) is 2.64. The topological polar surface area (TPSA) is 55.6 Å². The predicted molar refractivity (Wildman–Crippen MR) is 85.1 cm³/mol. The van der Waals surface area contributed by atoms with Crippen LogP contribution in [0.25, 0.3) is 0 Å². The first kappa shape index (κ1) is 15.7. The Hall–Kier alpha value is -1.71. The van der Waals surface area contributed by atoms with Gasteiger partial charge in [0.25, 0.3) is 0 Å². The highest BCUT2D eigenvalue weighted by atomic mass is 16.5. The van der Waals surface area contributed by atoms with Crippen LogP contribution in [0.4, 0.5) is 5.69 Å². The summed E-state index contributed by atoms with van der Waals surface area (Å²) in [6, 6.07) is 5.59. The van der Waals surface area contributed by atoms with Crippen molar-refractivity contribution < 1.29 is 9.53 Å². The molecule has 1 aromatic rings. The maximum atomic E-state index is 12.3. The summed E-state index contributed by atoms with van der Waals surface area (Å²) >= 11 is 0. The van der Waals surface area contributed by atoms with Crippen LogP contribution >= 0.6 is 0 Å². The Morgan fingerprint density at radius 3 is 2.90 bits per heavy atom. The molecule has 0 bridgehead atoms. The minimum atomic E-state index is 0.248. The number of amides is 1. The first-order chi connectivity index (χ1) is 10.1. The molecular formula is C17H26N2O2. The Balaban J connectivity index is 2.08. The molecule has 1 amide bonds. The molecule has 21 heavy (non-hydrogen) atoms. The molecule has 2 rings (SSSR count). The Labute approximate surface area is 127 Å². The standard InChI is InChI=1S/C17H26N2O2/c1-3-4-13-5-8-17(20)19(10-9-13)12-14-11-15(18)6-7-16(14)21-2/h6-7,11,13H,3-5,8-10,12,18H2,1-2H3. The van der Waals surface area contributed by atoms with E-state index in [2.05, 4.69) is 6.92 Å². The molecule has 1 heterocycles. The van der Waals surface area contributed by atoms with Gasteiger partial charge in [0.1, 0.15) is 5.75 Å². The molecule has 0 aliphatic carbocycles. The monoisotopic (exact) mass is 290 g/mol. The fourth-order valence-corrected chi connectivity index (χ4v) is 3.09. The molecule has 1 aliphatic rings. The van der Waals surface area contributed by atoms with Gasteiger partial charge in [0.15, 0.2) is 0 Å². The Morgan fingerprint density at radius 1 is 1.38 bits per heavy atom. The van der Waals surface area contributed by atoms with Crippen molar-refractivity contribution in [1.29, 1.82) is 0 Å². The van der Waals surface area contributed by atoms with E-state index in [0.717, 1.165) is 30.7 Å². The summed E-state index contributed by atoms with van der Waals surface area (Å²) in [5.74, 6) is 1.73. The number of rotatable bonds is 5. The number of methoxy groups -OCH3 is 1. The quantitative estimate of drug-likeness (QED) is 0.847. The number of ether oxygens (including phenoxy) is 1. The van der Waals surface area contributed by atoms with Gasteiger partial charge in [0, 0.05) is 30.8 Å². The number of nitrogens with two attached hydrogens (primary N) is 1. The fraction of sp³-hybridized carbons (Fsp3) is 0.588. The van der Waals surface area contributed by atoms with E-state index in [0.29, 0.717) is 24.6 Å². The average molecular weight is 290 g/mol. The van der Waals surface area contributed by atoms with Gasteiger partial charge in [-0.2, -0.15) is 0 Å². The van der Waals surface area contributed by atoms with Crippen molar-refractivity contribution in [2.24, 2.45) is 5.92 Å². The van der Waals surface area contributed by atoms with Crippen LogP contribution in [0.5, 0.6) is 5.75 Å². The third kappa shape index (κ3) is 4.13. The number of nitrogens with zero attached hydrogens (tertiary/aromatic N) is 1. The van der Waals surface area contributed by atoms with Crippen molar-refractivity contribution in [2.75, 3.05) is 19.4 Å². The van der Waals surface area contributed by atoms with Gasteiger partial charge in [0.05, 0.1) is 7.11 Å². The Morgan fingerprint density at radius 2 is 2.19 bits per heavy atom. The van der Waals surface area contributed by atoms with Crippen LogP contribution in [0.1, 0.15) is 44.6 Å². The second-order valence-corrected chi connectivity index (χ2v) is 5.87. The minimum absolute atomic E-state index is 0.248. The maximum Gasteiger partial charge on any atom is 0.222 e. The molecule has 4 nitrogen and oxygen atoms in total. The lowest BCUT2D eigenvalue weighted by Gasteiger charge is -2.22. The molecule has 0 radical (unpaired) electrons. The van der Waals surface area contributed by atoms with E-state index in [1.54, 1.807) is 7.11 Å². The summed E-state index contributed by atoms with van der Waals surface area (Å²) in [4.78, 5) is 14.3. The predicted octanol–water partition coefficient (Wildman–Crippen LogP) is 3.21. The third-order valence-corrected chi connectivity index (χ3v) is 4.29. The molecule has 1 atom stereocenters. The lowest BCUT2D eigenvalue weighted by atomic mass is 9.96. The van der Waals surface area contributed by atoms with Gasteiger partial charge in [0.2, 0.25) is 5.91 Å². The van der Waals surface area contributed by atoms with Crippen LogP contribution in [-0.4, -0.2) is 24.5 Å². The molecule has 1 aliphatic heterocycles. The molecule has 116 valence electrons. The van der Waals surface area contributed by atoms with E-state index in [1.807, 2.05) is 23.1 Å². The number of hydrogen-bond donors (Lipinski definition) is 1. The second kappa shape index (κ2) is 7.34. The fourth-order valence-electron chi connectivity index (χ4n) is 3.09. The summed E-state index contributed by atoms with van der Waals surface area (Å²) in [5.41, 5.74) is 7.55. The maximum absolute atomic E-state index is 12.3. The first-order valence-electron chi connectivity index (χ1n) is 7.84. The van der Waals surface area contributed by atoms with Crippen molar-refractivity contribution in [3.63, 3.8) is 0 Å². The third-order valence-electron chi connectivity index (χ3n) is 4.29. The van der Waals surface area contributed by atoms with E-state index in [-0.39, 0.29) is 5.91 Å². The van der Waals surface area contributed by atoms with Gasteiger partial charge in [-0.25, -0.2) is 0 Å². The highest BCUT2D eigenvalue weighted by Gasteiger charge is 2.22. The zero-order chi connectivity index (χ0) is 15.2. The van der Waals surface area contributed by atoms with Crippen LogP contribution < -0.4 is 10.5 Å². The Kier molecular flexibility index (Phi) is 5.48. The lowest BCUT2D eigenvalue weighted by molar-refractivity contribution is -0.131. The molecule has 4 heteroatoms. The van der Waals surface area contributed by atoms with Crippen LogP contribution in [0.2, 0.25) is 0 Å². The molecule has 1 aromatic carbocycles. The molecule has 0 spiro atoms. The van der Waals surface area contributed by atoms with Crippen molar-refractivity contribution in [1.82, 2.24) is 4.90 Å². The molecule has 1 unspecified atom stereocenters. The van der Waals surface area contributed by atoms with Crippen LogP contribution in [-0.2, 0) is 11.3 Å². The second-order valence-electron chi connectivity index (χ2n) is 5.87. The zero-order valence-electron chi connectivity index (χ0n) is 13.1. The van der Waals surface area contributed by atoms with Gasteiger partial charge < -0.3 is 15.4 Å². The summed E-state index contributed by atoms with van der Waals surface area (Å²) in [7, 11) is 1.65. The number of carbonyl (C=O) groups excluding carboxylic acids is 1. The van der Waals surface area contributed by atoms with E-state index in [9.17, 15) is 4.79 Å². The zero-order valence-corrected chi connectivity index (χ0v) is 13.1. The van der Waals surface area contributed by atoms with E-state index in [1.165, 1.54) is 12.8 Å². The van der Waals surface area contributed by atoms with Gasteiger partial charge in [-0.15, -0.1) is 0 Å². The molecule has 0 saturated carbocycles. The number of likely N-dealkylation sites (tertiary alicyclic amines) is 1. The van der Waals surface area contributed by atoms with Gasteiger partial charge in [-0.3, -0.25) is 4.79 Å². The number of hydrogen-bond acceptors (Lipinski definition) is 3. The van der Waals surface area contributed by atoms with E-state index < -0.39 is 0 Å². The highest BCUT2D eigenvalue weighted by molar-refractivity contribution is 5.76. The summed E-state index contributed by atoms with van der Waals surface area (Å²) in [6.45, 7) is 3.63. The minimum Gasteiger partial charge on any atom is -0.496 e. The highest BCUT2D eigenvalue weighted by Crippen LogP contribution is 2.27. The summed E-state index contributed by atoms with van der Waals surface area (Å²) in [6.07, 6.45) is 5.21. The van der Waals surface area contributed by atoms with E-state index in [4.69, 9.17) is 10.5 Å². The number of anilines is 1. The van der Waals surface area contributed by atoms with Crippen LogP contribution in [0.3, 0.4) is 0 Å². The van der Waals surface area contributed by atoms with Gasteiger partial charge in [-0.05, 0) is 37.0 Å². The Bertz CT molecular complexity index is 488. The molecule has 0 aromatic heterocycles. The smallest absolute Gasteiger partial charge is 0.222 e. The normalized spacial score (nSPS) is 19.4. The van der Waals surface area contributed by atoms with E-state index >= 15 is 0 Å². The SMILES string of the molecule is CCCC1CCC(=O)N(Cc2cc(N)ccc2OC)CC1. The molecule has 2 N–H and O–H groups in total. The van der Waals surface area contributed by atoms with Gasteiger partial charge >= 0.3 is 0 Å². The van der Waals surface area contributed by atoms with Crippen molar-refractivity contribution >= 4 is 11.6 Å². The van der Waals surface area contributed by atoms with Crippen molar-refractivity contribution in [2.45, 2.75) is 45.6 Å². The lowest BCUT2D eigenvalue weighted by Crippen LogP contribution is -2.30.